The highest BCUT2D eigenvalue weighted by Gasteiger charge is 2.11. The summed E-state index contributed by atoms with van der Waals surface area (Å²) in [6, 6.07) is 15.5. The molecular weight excluding hydrogens is 406 g/mol. The standard InChI is InChI=1S/C18H12ClN3OS3/c19-12-6-7-15-13(8-12)21-18(26-15)25-10-16(23)22-17-20-14(9-24-17)11-4-2-1-3-5-11/h1-9H,10H2,(H,20,22,23). The van der Waals surface area contributed by atoms with Crippen molar-refractivity contribution in [2.45, 2.75) is 4.34 Å². The van der Waals surface area contributed by atoms with E-state index >= 15 is 0 Å². The van der Waals surface area contributed by atoms with E-state index in [4.69, 9.17) is 11.6 Å². The second kappa shape index (κ2) is 7.75. The van der Waals surface area contributed by atoms with E-state index in [1.165, 1.54) is 23.1 Å². The Balaban J connectivity index is 1.37. The molecule has 0 aliphatic heterocycles. The first-order chi connectivity index (χ1) is 12.7. The zero-order chi connectivity index (χ0) is 17.9. The molecule has 0 aliphatic rings. The van der Waals surface area contributed by atoms with Gasteiger partial charge in [0.2, 0.25) is 5.91 Å². The van der Waals surface area contributed by atoms with Crippen LogP contribution in [-0.4, -0.2) is 21.6 Å². The van der Waals surface area contributed by atoms with Gasteiger partial charge in [0.25, 0.3) is 0 Å². The van der Waals surface area contributed by atoms with Crippen LogP contribution in [0.1, 0.15) is 0 Å². The van der Waals surface area contributed by atoms with E-state index in [1.54, 1.807) is 11.3 Å². The Kier molecular flexibility index (Phi) is 5.21. The smallest absolute Gasteiger partial charge is 0.236 e. The van der Waals surface area contributed by atoms with Gasteiger partial charge in [0.15, 0.2) is 9.47 Å². The van der Waals surface area contributed by atoms with E-state index in [1.807, 2.05) is 53.9 Å². The van der Waals surface area contributed by atoms with Crippen molar-refractivity contribution in [2.75, 3.05) is 11.1 Å². The van der Waals surface area contributed by atoms with Crippen LogP contribution in [0.2, 0.25) is 5.02 Å². The lowest BCUT2D eigenvalue weighted by atomic mass is 10.2. The van der Waals surface area contributed by atoms with E-state index in [2.05, 4.69) is 15.3 Å². The molecule has 8 heteroatoms. The predicted molar refractivity (Wildman–Crippen MR) is 112 cm³/mol. The minimum absolute atomic E-state index is 0.0961. The van der Waals surface area contributed by atoms with Crippen LogP contribution in [-0.2, 0) is 4.79 Å². The van der Waals surface area contributed by atoms with Gasteiger partial charge in [-0.3, -0.25) is 4.79 Å². The fourth-order valence-electron chi connectivity index (χ4n) is 2.30. The molecule has 0 spiro atoms. The minimum atomic E-state index is -0.0961. The molecule has 26 heavy (non-hydrogen) atoms. The summed E-state index contributed by atoms with van der Waals surface area (Å²) in [7, 11) is 0. The fourth-order valence-corrected chi connectivity index (χ4v) is 5.05. The average molecular weight is 418 g/mol. The van der Waals surface area contributed by atoms with E-state index in [0.29, 0.717) is 10.2 Å². The van der Waals surface area contributed by atoms with Crippen LogP contribution in [0.15, 0.2) is 58.3 Å². The van der Waals surface area contributed by atoms with Gasteiger partial charge in [-0.05, 0) is 18.2 Å². The lowest BCUT2D eigenvalue weighted by Crippen LogP contribution is -2.13. The molecule has 2 aromatic carbocycles. The van der Waals surface area contributed by atoms with Gasteiger partial charge in [-0.2, -0.15) is 0 Å². The molecule has 4 aromatic rings. The number of carbonyl (C=O) groups is 1. The number of hydrogen-bond donors (Lipinski definition) is 1. The maximum Gasteiger partial charge on any atom is 0.236 e. The number of amides is 1. The number of nitrogens with one attached hydrogen (secondary N) is 1. The van der Waals surface area contributed by atoms with Gasteiger partial charge in [0.05, 0.1) is 21.7 Å². The third-order valence-corrected chi connectivity index (χ3v) is 6.65. The molecule has 0 radical (unpaired) electrons. The van der Waals surface area contributed by atoms with Crippen LogP contribution in [0.3, 0.4) is 0 Å². The molecule has 0 unspecified atom stereocenters. The Hall–Kier alpha value is -1.93. The number of thioether (sulfide) groups is 1. The molecule has 4 rings (SSSR count). The Bertz CT molecular complexity index is 1060. The second-order valence-corrected chi connectivity index (χ2v) is 8.88. The third kappa shape index (κ3) is 4.07. The number of halogens is 1. The summed E-state index contributed by atoms with van der Waals surface area (Å²) in [6.45, 7) is 0. The summed E-state index contributed by atoms with van der Waals surface area (Å²) in [6.07, 6.45) is 0. The average Bonchev–Trinajstić information content (AvgIpc) is 3.27. The van der Waals surface area contributed by atoms with Gasteiger partial charge in [0.1, 0.15) is 0 Å². The van der Waals surface area contributed by atoms with Crippen LogP contribution < -0.4 is 5.32 Å². The lowest BCUT2D eigenvalue weighted by molar-refractivity contribution is -0.113. The lowest BCUT2D eigenvalue weighted by Gasteiger charge is -1.99. The number of fused-ring (bicyclic) bond motifs is 1. The summed E-state index contributed by atoms with van der Waals surface area (Å²) in [4.78, 5) is 21.2. The maximum absolute atomic E-state index is 12.2. The highest BCUT2D eigenvalue weighted by Crippen LogP contribution is 2.31. The molecule has 0 fully saturated rings. The summed E-state index contributed by atoms with van der Waals surface area (Å²) in [5, 5.41) is 6.05. The molecule has 1 N–H and O–H groups in total. The Morgan fingerprint density at radius 1 is 1.15 bits per heavy atom. The first-order valence-corrected chi connectivity index (χ1v) is 10.7. The SMILES string of the molecule is O=C(CSc1nc2cc(Cl)ccc2s1)Nc1nc(-c2ccccc2)cs1. The second-order valence-electron chi connectivity index (χ2n) is 5.33. The van der Waals surface area contributed by atoms with Gasteiger partial charge < -0.3 is 5.32 Å². The number of anilines is 1. The van der Waals surface area contributed by atoms with Gasteiger partial charge >= 0.3 is 0 Å². The topological polar surface area (TPSA) is 54.9 Å². The van der Waals surface area contributed by atoms with Crippen LogP contribution in [0.25, 0.3) is 21.5 Å². The molecule has 4 nitrogen and oxygen atoms in total. The van der Waals surface area contributed by atoms with Crippen LogP contribution >= 0.6 is 46.0 Å². The Morgan fingerprint density at radius 2 is 2.00 bits per heavy atom. The first-order valence-electron chi connectivity index (χ1n) is 7.67. The number of hydrogen-bond acceptors (Lipinski definition) is 6. The van der Waals surface area contributed by atoms with E-state index in [9.17, 15) is 4.79 Å². The van der Waals surface area contributed by atoms with Crippen molar-refractivity contribution in [3.63, 3.8) is 0 Å². The van der Waals surface area contributed by atoms with Gasteiger partial charge in [-0.25, -0.2) is 9.97 Å². The van der Waals surface area contributed by atoms with Crippen LogP contribution in [0.5, 0.6) is 0 Å². The first kappa shape index (κ1) is 17.5. The molecule has 0 saturated heterocycles. The van der Waals surface area contributed by atoms with E-state index in [-0.39, 0.29) is 11.7 Å². The summed E-state index contributed by atoms with van der Waals surface area (Å²) < 4.78 is 1.91. The monoisotopic (exact) mass is 417 g/mol. The fraction of sp³-hybridized carbons (Fsp3) is 0.0556. The van der Waals surface area contributed by atoms with Crippen molar-refractivity contribution in [3.05, 3.63) is 58.9 Å². The molecule has 130 valence electrons. The third-order valence-electron chi connectivity index (χ3n) is 3.48. The number of rotatable bonds is 5. The zero-order valence-corrected chi connectivity index (χ0v) is 16.5. The molecule has 2 aromatic heterocycles. The Morgan fingerprint density at radius 3 is 2.85 bits per heavy atom. The number of carbonyl (C=O) groups excluding carboxylic acids is 1. The summed E-state index contributed by atoms with van der Waals surface area (Å²) in [5.41, 5.74) is 2.76. The largest absolute Gasteiger partial charge is 0.301 e. The summed E-state index contributed by atoms with van der Waals surface area (Å²) in [5.74, 6) is 0.189. The van der Waals surface area contributed by atoms with E-state index < -0.39 is 0 Å². The van der Waals surface area contributed by atoms with Crippen LogP contribution in [0, 0.1) is 0 Å². The zero-order valence-electron chi connectivity index (χ0n) is 13.3. The van der Waals surface area contributed by atoms with E-state index in [0.717, 1.165) is 25.8 Å². The molecule has 0 bridgehead atoms. The molecular formula is C18H12ClN3OS3. The number of thiazole rings is 2. The molecule has 1 amide bonds. The molecule has 0 atom stereocenters. The molecule has 0 saturated carbocycles. The normalized spacial score (nSPS) is 11.0. The van der Waals surface area contributed by atoms with Gasteiger partial charge in [-0.1, -0.05) is 53.7 Å². The van der Waals surface area contributed by atoms with Crippen molar-refractivity contribution < 1.29 is 4.79 Å². The number of aromatic nitrogens is 2. The minimum Gasteiger partial charge on any atom is -0.301 e. The highest BCUT2D eigenvalue weighted by molar-refractivity contribution is 8.01. The quantitative estimate of drug-likeness (QED) is 0.416. The van der Waals surface area contributed by atoms with Crippen molar-refractivity contribution in [3.8, 4) is 11.3 Å². The van der Waals surface area contributed by atoms with Crippen molar-refractivity contribution in [1.82, 2.24) is 9.97 Å². The predicted octanol–water partition coefficient (Wildman–Crippen LogP) is 5.80. The number of benzene rings is 2. The van der Waals surface area contributed by atoms with Crippen molar-refractivity contribution in [2.24, 2.45) is 0 Å². The maximum atomic E-state index is 12.2. The van der Waals surface area contributed by atoms with Crippen molar-refractivity contribution >= 4 is 67.3 Å². The van der Waals surface area contributed by atoms with Crippen LogP contribution in [0.4, 0.5) is 5.13 Å². The van der Waals surface area contributed by atoms with Gasteiger partial charge in [0, 0.05) is 16.0 Å². The van der Waals surface area contributed by atoms with Gasteiger partial charge in [-0.15, -0.1) is 22.7 Å². The Labute approximate surface area is 167 Å². The van der Waals surface area contributed by atoms with Crippen molar-refractivity contribution in [1.29, 1.82) is 0 Å². The highest BCUT2D eigenvalue weighted by atomic mass is 35.5. The molecule has 2 heterocycles. The summed E-state index contributed by atoms with van der Waals surface area (Å²) >= 11 is 10.4. The molecule has 0 aliphatic carbocycles. The number of nitrogens with zero attached hydrogens (tertiary/aromatic N) is 2.